The second kappa shape index (κ2) is 6.21. The second-order valence-corrected chi connectivity index (χ2v) is 4.58. The number of nitro groups is 1. The van der Waals surface area contributed by atoms with E-state index < -0.39 is 4.92 Å². The van der Waals surface area contributed by atoms with Gasteiger partial charge in [0, 0.05) is 18.7 Å². The van der Waals surface area contributed by atoms with Gasteiger partial charge in [-0.15, -0.1) is 0 Å². The van der Waals surface area contributed by atoms with Gasteiger partial charge in [0.15, 0.2) is 0 Å². The molecule has 0 amide bonds. The van der Waals surface area contributed by atoms with Crippen LogP contribution in [0.1, 0.15) is 11.1 Å². The van der Waals surface area contributed by atoms with Gasteiger partial charge in [-0.25, -0.2) is 4.39 Å². The largest absolute Gasteiger partial charge is 0.495 e. The van der Waals surface area contributed by atoms with Crippen molar-refractivity contribution in [1.29, 1.82) is 0 Å². The Balaban J connectivity index is 2.19. The van der Waals surface area contributed by atoms with Gasteiger partial charge in [0.25, 0.3) is 5.69 Å². The van der Waals surface area contributed by atoms with Crippen LogP contribution in [-0.4, -0.2) is 12.0 Å². The van der Waals surface area contributed by atoms with Gasteiger partial charge in [0.2, 0.25) is 0 Å². The Morgan fingerprint density at radius 1 is 1.29 bits per heavy atom. The van der Waals surface area contributed by atoms with Crippen molar-refractivity contribution < 1.29 is 14.1 Å². The molecule has 0 spiro atoms. The predicted molar refractivity (Wildman–Crippen MR) is 78.1 cm³/mol. The number of hydrogen-bond acceptors (Lipinski definition) is 4. The van der Waals surface area contributed by atoms with Gasteiger partial charge < -0.3 is 10.1 Å². The summed E-state index contributed by atoms with van der Waals surface area (Å²) in [7, 11) is 1.49. The summed E-state index contributed by atoms with van der Waals surface area (Å²) in [6.45, 7) is 2.10. The van der Waals surface area contributed by atoms with Crippen molar-refractivity contribution in [2.45, 2.75) is 13.5 Å². The number of non-ortho nitro benzene ring substituents is 1. The van der Waals surface area contributed by atoms with E-state index in [9.17, 15) is 14.5 Å². The molecule has 0 atom stereocenters. The van der Waals surface area contributed by atoms with Crippen molar-refractivity contribution in [2.24, 2.45) is 0 Å². The predicted octanol–water partition coefficient (Wildman–Crippen LogP) is 3.66. The Morgan fingerprint density at radius 2 is 2.05 bits per heavy atom. The van der Waals surface area contributed by atoms with Crippen LogP contribution in [0.4, 0.5) is 15.8 Å². The Morgan fingerprint density at radius 3 is 2.67 bits per heavy atom. The third-order valence-corrected chi connectivity index (χ3v) is 3.10. The minimum atomic E-state index is -0.466. The first-order valence-electron chi connectivity index (χ1n) is 6.32. The summed E-state index contributed by atoms with van der Waals surface area (Å²) < 4.78 is 18.4. The lowest BCUT2D eigenvalue weighted by atomic mass is 10.1. The zero-order valence-electron chi connectivity index (χ0n) is 11.7. The number of nitrogens with one attached hydrogen (secondary N) is 1. The lowest BCUT2D eigenvalue weighted by Gasteiger charge is -2.11. The molecule has 0 radical (unpaired) electrons. The van der Waals surface area contributed by atoms with Crippen LogP contribution in [0.5, 0.6) is 5.75 Å². The smallest absolute Gasteiger partial charge is 0.271 e. The van der Waals surface area contributed by atoms with Crippen LogP contribution in [0.15, 0.2) is 36.4 Å². The van der Waals surface area contributed by atoms with Crippen LogP contribution in [0.25, 0.3) is 0 Å². The molecule has 0 unspecified atom stereocenters. The van der Waals surface area contributed by atoms with Crippen LogP contribution >= 0.6 is 0 Å². The summed E-state index contributed by atoms with van der Waals surface area (Å²) in [5.74, 6) is 0.256. The van der Waals surface area contributed by atoms with E-state index in [1.807, 2.05) is 0 Å². The second-order valence-electron chi connectivity index (χ2n) is 4.58. The Hall–Kier alpha value is -2.63. The average molecular weight is 290 g/mol. The molecule has 0 saturated carbocycles. The topological polar surface area (TPSA) is 64.4 Å². The van der Waals surface area contributed by atoms with E-state index in [-0.39, 0.29) is 11.5 Å². The number of ether oxygens (including phenoxy) is 1. The van der Waals surface area contributed by atoms with Crippen LogP contribution in [-0.2, 0) is 6.54 Å². The van der Waals surface area contributed by atoms with Crippen molar-refractivity contribution in [1.82, 2.24) is 0 Å². The molecule has 6 heteroatoms. The van der Waals surface area contributed by atoms with Gasteiger partial charge in [0.05, 0.1) is 17.7 Å². The fraction of sp³-hybridized carbons (Fsp3) is 0.200. The number of aryl methyl sites for hydroxylation is 1. The maximum atomic E-state index is 13.2. The standard InChI is InChI=1S/C15H15FN2O3/c1-10-7-11(3-5-13(10)16)9-17-14-8-12(18(19)20)4-6-15(14)21-2/h3-8,17H,9H2,1-2H3. The van der Waals surface area contributed by atoms with Gasteiger partial charge in [-0.2, -0.15) is 0 Å². The summed E-state index contributed by atoms with van der Waals surface area (Å²) in [5.41, 5.74) is 1.94. The molecule has 0 aromatic heterocycles. The number of benzene rings is 2. The molecule has 2 aromatic carbocycles. The molecule has 0 heterocycles. The van der Waals surface area contributed by atoms with Crippen LogP contribution in [0.2, 0.25) is 0 Å². The number of halogens is 1. The molecular formula is C15H15FN2O3. The molecule has 0 aliphatic rings. The van der Waals surface area contributed by atoms with Gasteiger partial charge in [-0.1, -0.05) is 12.1 Å². The Labute approximate surface area is 121 Å². The molecule has 0 saturated heterocycles. The fourth-order valence-corrected chi connectivity index (χ4v) is 1.96. The van der Waals surface area contributed by atoms with E-state index in [0.29, 0.717) is 23.5 Å². The first-order chi connectivity index (χ1) is 10.0. The molecule has 0 fully saturated rings. The summed E-state index contributed by atoms with van der Waals surface area (Å²) in [4.78, 5) is 10.3. The third-order valence-electron chi connectivity index (χ3n) is 3.10. The number of methoxy groups -OCH3 is 1. The maximum Gasteiger partial charge on any atom is 0.271 e. The van der Waals surface area contributed by atoms with Gasteiger partial charge in [0.1, 0.15) is 11.6 Å². The molecule has 0 aliphatic carbocycles. The number of hydrogen-bond donors (Lipinski definition) is 1. The molecule has 0 aliphatic heterocycles. The average Bonchev–Trinajstić information content (AvgIpc) is 2.48. The number of nitro benzene ring substituents is 1. The monoisotopic (exact) mass is 290 g/mol. The third kappa shape index (κ3) is 3.47. The Kier molecular flexibility index (Phi) is 4.37. The minimum Gasteiger partial charge on any atom is -0.495 e. The van der Waals surface area contributed by atoms with Crippen LogP contribution in [0.3, 0.4) is 0 Å². The SMILES string of the molecule is COc1ccc([N+](=O)[O-])cc1NCc1ccc(F)c(C)c1. The summed E-state index contributed by atoms with van der Waals surface area (Å²) >= 11 is 0. The quantitative estimate of drug-likeness (QED) is 0.674. The van der Waals surface area contributed by atoms with Crippen LogP contribution in [0, 0.1) is 22.9 Å². The summed E-state index contributed by atoms with van der Waals surface area (Å²) in [6, 6.07) is 9.12. The van der Waals surface area contributed by atoms with Gasteiger partial charge >= 0.3 is 0 Å². The van der Waals surface area contributed by atoms with Gasteiger partial charge in [-0.05, 0) is 30.2 Å². The maximum absolute atomic E-state index is 13.2. The van der Waals surface area contributed by atoms with Crippen molar-refractivity contribution in [3.63, 3.8) is 0 Å². The summed E-state index contributed by atoms with van der Waals surface area (Å²) in [5, 5.41) is 13.9. The first-order valence-corrected chi connectivity index (χ1v) is 6.32. The van der Waals surface area contributed by atoms with E-state index in [0.717, 1.165) is 5.56 Å². The highest BCUT2D eigenvalue weighted by atomic mass is 19.1. The van der Waals surface area contributed by atoms with E-state index in [1.165, 1.54) is 31.4 Å². The molecule has 2 rings (SSSR count). The number of rotatable bonds is 5. The number of anilines is 1. The van der Waals surface area contributed by atoms with Crippen molar-refractivity contribution in [3.8, 4) is 5.75 Å². The molecule has 1 N–H and O–H groups in total. The molecule has 2 aromatic rings. The lowest BCUT2D eigenvalue weighted by molar-refractivity contribution is -0.384. The minimum absolute atomic E-state index is 0.0198. The zero-order chi connectivity index (χ0) is 15.4. The molecule has 5 nitrogen and oxygen atoms in total. The van der Waals surface area contributed by atoms with Gasteiger partial charge in [-0.3, -0.25) is 10.1 Å². The lowest BCUT2D eigenvalue weighted by Crippen LogP contribution is -2.03. The van der Waals surface area contributed by atoms with Crippen molar-refractivity contribution >= 4 is 11.4 Å². The molecule has 0 bridgehead atoms. The first kappa shape index (κ1) is 14.8. The molecule has 21 heavy (non-hydrogen) atoms. The molecule has 110 valence electrons. The van der Waals surface area contributed by atoms with E-state index in [4.69, 9.17) is 4.74 Å². The zero-order valence-corrected chi connectivity index (χ0v) is 11.7. The van der Waals surface area contributed by atoms with E-state index >= 15 is 0 Å². The fourth-order valence-electron chi connectivity index (χ4n) is 1.96. The normalized spacial score (nSPS) is 10.2. The summed E-state index contributed by atoms with van der Waals surface area (Å²) in [6.07, 6.45) is 0. The highest BCUT2D eigenvalue weighted by molar-refractivity contribution is 5.61. The van der Waals surface area contributed by atoms with Crippen molar-refractivity contribution in [3.05, 3.63) is 63.5 Å². The van der Waals surface area contributed by atoms with E-state index in [1.54, 1.807) is 19.1 Å². The molecular weight excluding hydrogens is 275 g/mol. The number of nitrogens with zero attached hydrogens (tertiary/aromatic N) is 1. The van der Waals surface area contributed by atoms with Crippen LogP contribution < -0.4 is 10.1 Å². The Bertz CT molecular complexity index is 674. The highest BCUT2D eigenvalue weighted by Gasteiger charge is 2.11. The highest BCUT2D eigenvalue weighted by Crippen LogP contribution is 2.29. The van der Waals surface area contributed by atoms with Crippen molar-refractivity contribution in [2.75, 3.05) is 12.4 Å². The van der Waals surface area contributed by atoms with E-state index in [2.05, 4.69) is 5.32 Å².